The van der Waals surface area contributed by atoms with E-state index in [0.29, 0.717) is 24.7 Å². The van der Waals surface area contributed by atoms with E-state index in [2.05, 4.69) is 25.5 Å². The molecule has 0 bridgehead atoms. The van der Waals surface area contributed by atoms with Crippen LogP contribution in [0.1, 0.15) is 10.5 Å². The van der Waals surface area contributed by atoms with Crippen LogP contribution in [0.5, 0.6) is 0 Å². The lowest BCUT2D eigenvalue weighted by molar-refractivity contribution is 0.102. The number of aromatic nitrogens is 2. The maximum absolute atomic E-state index is 12.8. The topological polar surface area (TPSA) is 79.4 Å². The second kappa shape index (κ2) is 8.49. The zero-order valence-corrected chi connectivity index (χ0v) is 15.3. The molecule has 2 aromatic carbocycles. The Morgan fingerprint density at radius 1 is 0.964 bits per heavy atom. The van der Waals surface area contributed by atoms with Crippen molar-refractivity contribution in [3.63, 3.8) is 0 Å². The van der Waals surface area contributed by atoms with Crippen LogP contribution >= 0.6 is 0 Å². The van der Waals surface area contributed by atoms with Gasteiger partial charge in [0.25, 0.3) is 5.91 Å². The number of amides is 1. The van der Waals surface area contributed by atoms with Crippen molar-refractivity contribution in [2.75, 3.05) is 41.8 Å². The fraction of sp³-hybridized carbons (Fsp3) is 0.190. The highest BCUT2D eigenvalue weighted by atomic mass is 16.5. The zero-order valence-electron chi connectivity index (χ0n) is 15.3. The summed E-state index contributed by atoms with van der Waals surface area (Å²) in [7, 11) is 0. The number of nitrogens with one attached hydrogen (secondary N) is 2. The van der Waals surface area contributed by atoms with Crippen LogP contribution in [0, 0.1) is 0 Å². The SMILES string of the molecule is O=C(Nc1ccccc1N1CCOCC1)c1cc(Nc2ccccc2)ncn1. The van der Waals surface area contributed by atoms with Crippen LogP contribution in [0.2, 0.25) is 0 Å². The van der Waals surface area contributed by atoms with Crippen LogP contribution in [0.4, 0.5) is 22.9 Å². The number of carbonyl (C=O) groups is 1. The summed E-state index contributed by atoms with van der Waals surface area (Å²) in [6.45, 7) is 2.96. The third-order valence-electron chi connectivity index (χ3n) is 4.45. The van der Waals surface area contributed by atoms with Crippen LogP contribution in [-0.2, 0) is 4.74 Å². The summed E-state index contributed by atoms with van der Waals surface area (Å²) in [6, 6.07) is 19.1. The quantitative estimate of drug-likeness (QED) is 0.712. The van der Waals surface area contributed by atoms with Crippen molar-refractivity contribution in [2.45, 2.75) is 0 Å². The first kappa shape index (κ1) is 17.9. The molecule has 3 aromatic rings. The lowest BCUT2D eigenvalue weighted by atomic mass is 10.2. The first-order chi connectivity index (χ1) is 13.8. The van der Waals surface area contributed by atoms with E-state index in [1.165, 1.54) is 6.33 Å². The predicted molar refractivity (Wildman–Crippen MR) is 109 cm³/mol. The number of hydrogen-bond acceptors (Lipinski definition) is 6. The van der Waals surface area contributed by atoms with Crippen molar-refractivity contribution in [3.05, 3.63) is 72.7 Å². The minimum atomic E-state index is -0.278. The van der Waals surface area contributed by atoms with E-state index in [-0.39, 0.29) is 5.91 Å². The Hall–Kier alpha value is -3.45. The highest BCUT2D eigenvalue weighted by molar-refractivity contribution is 6.05. The summed E-state index contributed by atoms with van der Waals surface area (Å²) in [5, 5.41) is 6.15. The molecule has 1 aromatic heterocycles. The van der Waals surface area contributed by atoms with Gasteiger partial charge in [-0.1, -0.05) is 30.3 Å². The molecular formula is C21H21N5O2. The van der Waals surface area contributed by atoms with Crippen molar-refractivity contribution in [1.29, 1.82) is 0 Å². The largest absolute Gasteiger partial charge is 0.378 e. The van der Waals surface area contributed by atoms with Crippen molar-refractivity contribution in [3.8, 4) is 0 Å². The Morgan fingerprint density at radius 3 is 2.54 bits per heavy atom. The average molecular weight is 375 g/mol. The average Bonchev–Trinajstić information content (AvgIpc) is 2.76. The second-order valence-corrected chi connectivity index (χ2v) is 6.35. The Morgan fingerprint density at radius 2 is 1.71 bits per heavy atom. The molecule has 7 heteroatoms. The molecule has 0 radical (unpaired) electrons. The van der Waals surface area contributed by atoms with Crippen LogP contribution < -0.4 is 15.5 Å². The van der Waals surface area contributed by atoms with Crippen molar-refractivity contribution in [2.24, 2.45) is 0 Å². The van der Waals surface area contributed by atoms with E-state index in [1.807, 2.05) is 54.6 Å². The number of ether oxygens (including phenoxy) is 1. The molecule has 1 aliphatic rings. The summed E-state index contributed by atoms with van der Waals surface area (Å²) >= 11 is 0. The van der Waals surface area contributed by atoms with E-state index in [1.54, 1.807) is 6.07 Å². The molecule has 0 aliphatic carbocycles. The molecular weight excluding hydrogens is 354 g/mol. The number of hydrogen-bond donors (Lipinski definition) is 2. The summed E-state index contributed by atoms with van der Waals surface area (Å²) < 4.78 is 5.42. The molecule has 0 unspecified atom stereocenters. The second-order valence-electron chi connectivity index (χ2n) is 6.35. The molecule has 7 nitrogen and oxygen atoms in total. The number of benzene rings is 2. The fourth-order valence-electron chi connectivity index (χ4n) is 3.06. The number of para-hydroxylation sites is 3. The third kappa shape index (κ3) is 4.27. The first-order valence-electron chi connectivity index (χ1n) is 9.17. The first-order valence-corrected chi connectivity index (χ1v) is 9.17. The number of anilines is 4. The van der Waals surface area contributed by atoms with Gasteiger partial charge in [-0.05, 0) is 24.3 Å². The van der Waals surface area contributed by atoms with E-state index in [4.69, 9.17) is 4.74 Å². The highest BCUT2D eigenvalue weighted by Crippen LogP contribution is 2.27. The molecule has 1 amide bonds. The van der Waals surface area contributed by atoms with Crippen LogP contribution in [-0.4, -0.2) is 42.2 Å². The maximum atomic E-state index is 12.8. The molecule has 1 saturated heterocycles. The molecule has 2 N–H and O–H groups in total. The van der Waals surface area contributed by atoms with Gasteiger partial charge in [0.2, 0.25) is 0 Å². The van der Waals surface area contributed by atoms with Crippen molar-refractivity contribution in [1.82, 2.24) is 9.97 Å². The van der Waals surface area contributed by atoms with Gasteiger partial charge < -0.3 is 20.3 Å². The lowest BCUT2D eigenvalue weighted by Gasteiger charge is -2.30. The molecule has 0 saturated carbocycles. The van der Waals surface area contributed by atoms with Crippen molar-refractivity contribution < 1.29 is 9.53 Å². The fourth-order valence-corrected chi connectivity index (χ4v) is 3.06. The van der Waals surface area contributed by atoms with E-state index >= 15 is 0 Å². The molecule has 0 atom stereocenters. The number of morpholine rings is 1. The maximum Gasteiger partial charge on any atom is 0.274 e. The normalized spacial score (nSPS) is 13.8. The summed E-state index contributed by atoms with van der Waals surface area (Å²) in [4.78, 5) is 23.3. The number of rotatable bonds is 5. The van der Waals surface area contributed by atoms with Gasteiger partial charge in [-0.25, -0.2) is 9.97 Å². The van der Waals surface area contributed by atoms with E-state index in [0.717, 1.165) is 30.2 Å². The zero-order chi connectivity index (χ0) is 19.2. The number of nitrogens with zero attached hydrogens (tertiary/aromatic N) is 3. The van der Waals surface area contributed by atoms with Gasteiger partial charge in [0.1, 0.15) is 17.8 Å². The van der Waals surface area contributed by atoms with Gasteiger partial charge in [0.05, 0.1) is 24.6 Å². The Balaban J connectivity index is 1.51. The summed E-state index contributed by atoms with van der Waals surface area (Å²) in [6.07, 6.45) is 1.38. The standard InChI is InChI=1S/C21H21N5O2/c27-21(18-14-20(23-15-22-18)24-16-6-2-1-3-7-16)25-17-8-4-5-9-19(17)26-10-12-28-13-11-26/h1-9,14-15H,10-13H2,(H,25,27)(H,22,23,24). The van der Waals surface area contributed by atoms with Gasteiger partial charge in [-0.2, -0.15) is 0 Å². The number of carbonyl (C=O) groups excluding carboxylic acids is 1. The minimum Gasteiger partial charge on any atom is -0.378 e. The third-order valence-corrected chi connectivity index (χ3v) is 4.45. The van der Waals surface area contributed by atoms with Gasteiger partial charge >= 0.3 is 0 Å². The monoisotopic (exact) mass is 375 g/mol. The highest BCUT2D eigenvalue weighted by Gasteiger charge is 2.17. The van der Waals surface area contributed by atoms with Gasteiger partial charge in [-0.3, -0.25) is 4.79 Å². The molecule has 1 fully saturated rings. The molecule has 4 rings (SSSR count). The minimum absolute atomic E-state index is 0.278. The van der Waals surface area contributed by atoms with E-state index < -0.39 is 0 Å². The molecule has 2 heterocycles. The van der Waals surface area contributed by atoms with Crippen LogP contribution in [0.3, 0.4) is 0 Å². The van der Waals surface area contributed by atoms with Crippen molar-refractivity contribution >= 4 is 28.8 Å². The lowest BCUT2D eigenvalue weighted by Crippen LogP contribution is -2.36. The van der Waals surface area contributed by atoms with Crippen LogP contribution in [0.25, 0.3) is 0 Å². The van der Waals surface area contributed by atoms with Gasteiger partial charge in [0, 0.05) is 24.8 Å². The molecule has 0 spiro atoms. The smallest absolute Gasteiger partial charge is 0.274 e. The summed E-state index contributed by atoms with van der Waals surface area (Å²) in [5.41, 5.74) is 2.93. The van der Waals surface area contributed by atoms with E-state index in [9.17, 15) is 4.79 Å². The molecule has 1 aliphatic heterocycles. The molecule has 142 valence electrons. The molecule has 28 heavy (non-hydrogen) atoms. The van der Waals surface area contributed by atoms with Gasteiger partial charge in [0.15, 0.2) is 0 Å². The Bertz CT molecular complexity index is 942. The van der Waals surface area contributed by atoms with Gasteiger partial charge in [-0.15, -0.1) is 0 Å². The Labute approximate surface area is 163 Å². The predicted octanol–water partition coefficient (Wildman–Crippen LogP) is 3.31. The summed E-state index contributed by atoms with van der Waals surface area (Å²) in [5.74, 6) is 0.284. The Kier molecular flexibility index (Phi) is 5.44. The van der Waals surface area contributed by atoms with Crippen LogP contribution in [0.15, 0.2) is 67.0 Å².